The molecule has 0 atom stereocenters. The van der Waals surface area contributed by atoms with Crippen LogP contribution in [0.2, 0.25) is 0 Å². The largest absolute Gasteiger partial charge is 0.377 e. The Morgan fingerprint density at radius 3 is 2.35 bits per heavy atom. The van der Waals surface area contributed by atoms with Gasteiger partial charge < -0.3 is 14.5 Å². The van der Waals surface area contributed by atoms with E-state index < -0.39 is 0 Å². The van der Waals surface area contributed by atoms with Crippen LogP contribution in [0.4, 0.5) is 0 Å². The van der Waals surface area contributed by atoms with Gasteiger partial charge in [0.15, 0.2) is 0 Å². The number of hydrogen-bond acceptors (Lipinski definition) is 3. The van der Waals surface area contributed by atoms with Gasteiger partial charge in [0.2, 0.25) is 0 Å². The Morgan fingerprint density at radius 1 is 1.18 bits per heavy atom. The van der Waals surface area contributed by atoms with E-state index in [2.05, 4.69) is 44.5 Å². The van der Waals surface area contributed by atoms with Crippen molar-refractivity contribution in [3.8, 4) is 0 Å². The van der Waals surface area contributed by atoms with Crippen molar-refractivity contribution in [2.75, 3.05) is 46.4 Å². The molecular weight excluding hydrogens is 212 g/mol. The Bertz CT molecular complexity index is 200. The van der Waals surface area contributed by atoms with Crippen LogP contribution in [0.25, 0.3) is 0 Å². The number of likely N-dealkylation sites (tertiary alicyclic amines) is 1. The van der Waals surface area contributed by atoms with Gasteiger partial charge in [0.25, 0.3) is 0 Å². The molecule has 3 heteroatoms. The summed E-state index contributed by atoms with van der Waals surface area (Å²) >= 11 is 0. The lowest BCUT2D eigenvalue weighted by Crippen LogP contribution is -2.51. The second kappa shape index (κ2) is 7.34. The third-order valence-corrected chi connectivity index (χ3v) is 3.65. The van der Waals surface area contributed by atoms with Gasteiger partial charge in [-0.25, -0.2) is 0 Å². The van der Waals surface area contributed by atoms with Crippen molar-refractivity contribution >= 4 is 0 Å². The monoisotopic (exact) mass is 242 g/mol. The molecule has 1 aliphatic rings. The number of likely N-dealkylation sites (N-methyl/N-ethyl adjacent to an activating group) is 1. The van der Waals surface area contributed by atoms with Crippen LogP contribution in [-0.4, -0.2) is 62.3 Å². The number of ether oxygens (including phenoxy) is 1. The van der Waals surface area contributed by atoms with E-state index in [4.69, 9.17) is 4.74 Å². The molecule has 3 nitrogen and oxygen atoms in total. The van der Waals surface area contributed by atoms with E-state index in [9.17, 15) is 0 Å². The molecule has 0 spiro atoms. The van der Waals surface area contributed by atoms with Crippen molar-refractivity contribution in [2.24, 2.45) is 11.8 Å². The van der Waals surface area contributed by atoms with Crippen molar-refractivity contribution < 1.29 is 4.74 Å². The standard InChI is InChI=1S/C14H30N2O/c1-12(2)14-10-16(11-14)7-6-15(5)8-9-17-13(3)4/h12-14H,6-11H2,1-5H3. The van der Waals surface area contributed by atoms with Crippen LogP contribution in [0.5, 0.6) is 0 Å². The molecule has 0 amide bonds. The zero-order valence-electron chi connectivity index (χ0n) is 12.3. The predicted octanol–water partition coefficient (Wildman–Crippen LogP) is 1.93. The molecular formula is C14H30N2O. The lowest BCUT2D eigenvalue weighted by Gasteiger charge is -2.42. The molecule has 0 N–H and O–H groups in total. The summed E-state index contributed by atoms with van der Waals surface area (Å²) in [6.45, 7) is 15.7. The molecule has 1 fully saturated rings. The van der Waals surface area contributed by atoms with Crippen molar-refractivity contribution in [3.63, 3.8) is 0 Å². The Morgan fingerprint density at radius 2 is 1.82 bits per heavy atom. The average molecular weight is 242 g/mol. The van der Waals surface area contributed by atoms with Gasteiger partial charge in [-0.1, -0.05) is 13.8 Å². The van der Waals surface area contributed by atoms with Gasteiger partial charge in [-0.3, -0.25) is 0 Å². The van der Waals surface area contributed by atoms with Gasteiger partial charge >= 0.3 is 0 Å². The van der Waals surface area contributed by atoms with Crippen LogP contribution in [0.3, 0.4) is 0 Å². The highest BCUT2D eigenvalue weighted by Gasteiger charge is 2.28. The third kappa shape index (κ3) is 5.84. The minimum atomic E-state index is 0.352. The van der Waals surface area contributed by atoms with Crippen molar-refractivity contribution in [2.45, 2.75) is 33.8 Å². The van der Waals surface area contributed by atoms with Gasteiger partial charge in [0.05, 0.1) is 12.7 Å². The van der Waals surface area contributed by atoms with E-state index in [1.165, 1.54) is 19.6 Å². The summed E-state index contributed by atoms with van der Waals surface area (Å²) in [5.74, 6) is 1.79. The Balaban J connectivity index is 1.96. The summed E-state index contributed by atoms with van der Waals surface area (Å²) in [7, 11) is 2.18. The molecule has 0 radical (unpaired) electrons. The molecule has 0 bridgehead atoms. The van der Waals surface area contributed by atoms with Crippen LogP contribution >= 0.6 is 0 Å². The fourth-order valence-corrected chi connectivity index (χ4v) is 2.08. The second-order valence-corrected chi connectivity index (χ2v) is 5.99. The fourth-order valence-electron chi connectivity index (χ4n) is 2.08. The zero-order valence-corrected chi connectivity index (χ0v) is 12.3. The van der Waals surface area contributed by atoms with E-state index >= 15 is 0 Å². The van der Waals surface area contributed by atoms with Crippen LogP contribution in [-0.2, 0) is 4.74 Å². The predicted molar refractivity (Wildman–Crippen MR) is 73.4 cm³/mol. The topological polar surface area (TPSA) is 15.7 Å². The van der Waals surface area contributed by atoms with Gasteiger partial charge in [-0.2, -0.15) is 0 Å². The van der Waals surface area contributed by atoms with Crippen LogP contribution in [0.1, 0.15) is 27.7 Å². The lowest BCUT2D eigenvalue weighted by atomic mass is 9.88. The second-order valence-electron chi connectivity index (χ2n) is 5.99. The maximum atomic E-state index is 5.55. The Labute approximate surface area is 107 Å². The van der Waals surface area contributed by atoms with E-state index in [0.29, 0.717) is 6.10 Å². The smallest absolute Gasteiger partial charge is 0.0596 e. The van der Waals surface area contributed by atoms with Gasteiger partial charge in [-0.15, -0.1) is 0 Å². The molecule has 1 heterocycles. The first-order chi connectivity index (χ1) is 7.99. The Hall–Kier alpha value is -0.120. The summed E-state index contributed by atoms with van der Waals surface area (Å²) in [4.78, 5) is 4.93. The van der Waals surface area contributed by atoms with Gasteiger partial charge in [0, 0.05) is 32.7 Å². The quantitative estimate of drug-likeness (QED) is 0.647. The highest BCUT2D eigenvalue weighted by atomic mass is 16.5. The average Bonchev–Trinajstić information content (AvgIpc) is 2.13. The summed E-state index contributed by atoms with van der Waals surface area (Å²) in [6, 6.07) is 0. The molecule has 1 aliphatic heterocycles. The molecule has 0 aromatic carbocycles. The highest BCUT2D eigenvalue weighted by Crippen LogP contribution is 2.22. The zero-order chi connectivity index (χ0) is 12.8. The van der Waals surface area contributed by atoms with E-state index in [0.717, 1.165) is 31.5 Å². The molecule has 17 heavy (non-hydrogen) atoms. The minimum Gasteiger partial charge on any atom is -0.377 e. The Kier molecular flexibility index (Phi) is 6.45. The molecule has 0 unspecified atom stereocenters. The minimum absolute atomic E-state index is 0.352. The maximum Gasteiger partial charge on any atom is 0.0596 e. The van der Waals surface area contributed by atoms with Crippen molar-refractivity contribution in [1.82, 2.24) is 9.80 Å². The van der Waals surface area contributed by atoms with Crippen LogP contribution in [0, 0.1) is 11.8 Å². The molecule has 0 saturated carbocycles. The summed E-state index contributed by atoms with van der Waals surface area (Å²) in [5.41, 5.74) is 0. The normalized spacial score (nSPS) is 18.4. The van der Waals surface area contributed by atoms with Crippen LogP contribution in [0.15, 0.2) is 0 Å². The van der Waals surface area contributed by atoms with Crippen molar-refractivity contribution in [1.29, 1.82) is 0 Å². The molecule has 0 aromatic rings. The van der Waals surface area contributed by atoms with Gasteiger partial charge in [-0.05, 0) is 32.7 Å². The SMILES string of the molecule is CC(C)OCCN(C)CCN1CC(C(C)C)C1. The molecule has 102 valence electrons. The first-order valence-electron chi connectivity index (χ1n) is 7.01. The third-order valence-electron chi connectivity index (χ3n) is 3.65. The summed E-state index contributed by atoms with van der Waals surface area (Å²) < 4.78 is 5.55. The molecule has 1 rings (SSSR count). The fraction of sp³-hybridized carbons (Fsp3) is 1.00. The van der Waals surface area contributed by atoms with Crippen molar-refractivity contribution in [3.05, 3.63) is 0 Å². The van der Waals surface area contributed by atoms with E-state index in [-0.39, 0.29) is 0 Å². The molecule has 0 aromatic heterocycles. The van der Waals surface area contributed by atoms with Crippen LogP contribution < -0.4 is 0 Å². The number of hydrogen-bond donors (Lipinski definition) is 0. The number of rotatable bonds is 8. The highest BCUT2D eigenvalue weighted by molar-refractivity contribution is 4.82. The first kappa shape index (κ1) is 14.9. The van der Waals surface area contributed by atoms with E-state index in [1.807, 2.05) is 0 Å². The lowest BCUT2D eigenvalue weighted by molar-refractivity contribution is 0.0447. The first-order valence-corrected chi connectivity index (χ1v) is 7.01. The summed E-state index contributed by atoms with van der Waals surface area (Å²) in [6.07, 6.45) is 0.352. The van der Waals surface area contributed by atoms with E-state index in [1.54, 1.807) is 0 Å². The number of nitrogens with zero attached hydrogens (tertiary/aromatic N) is 2. The molecule has 1 saturated heterocycles. The summed E-state index contributed by atoms with van der Waals surface area (Å²) in [5, 5.41) is 0. The molecule has 0 aliphatic carbocycles. The maximum absolute atomic E-state index is 5.55. The van der Waals surface area contributed by atoms with Gasteiger partial charge in [0.1, 0.15) is 0 Å².